The maximum atomic E-state index is 13.2. The van der Waals surface area contributed by atoms with Gasteiger partial charge in [0.1, 0.15) is 6.07 Å². The van der Waals surface area contributed by atoms with E-state index in [0.717, 1.165) is 43.4 Å². The van der Waals surface area contributed by atoms with Crippen molar-refractivity contribution in [2.45, 2.75) is 77.4 Å². The number of aromatic nitrogens is 2. The van der Waals surface area contributed by atoms with Crippen LogP contribution in [-0.2, 0) is 11.3 Å². The molecule has 8 atom stereocenters. The summed E-state index contributed by atoms with van der Waals surface area (Å²) in [5.74, 6) is 4.09. The molecule has 0 aromatic carbocycles. The average molecular weight is 396 g/mol. The summed E-state index contributed by atoms with van der Waals surface area (Å²) in [5, 5.41) is 23.8. The largest absolute Gasteiger partial charge is 0.390 e. The first-order valence-electron chi connectivity index (χ1n) is 11.5. The number of hydrogen-bond donors (Lipinski definition) is 1. The Kier molecular flexibility index (Phi) is 4.44. The zero-order valence-electron chi connectivity index (χ0n) is 17.7. The van der Waals surface area contributed by atoms with Gasteiger partial charge in [0.2, 0.25) is 0 Å². The summed E-state index contributed by atoms with van der Waals surface area (Å²) in [7, 11) is 0. The summed E-state index contributed by atoms with van der Waals surface area (Å²) in [6.45, 7) is 4.69. The Bertz CT molecular complexity index is 853. The smallest absolute Gasteiger partial charge is 0.157 e. The molecule has 1 heterocycles. The van der Waals surface area contributed by atoms with Gasteiger partial charge in [-0.05, 0) is 93.3 Å². The molecule has 0 saturated heterocycles. The second-order valence-corrected chi connectivity index (χ2v) is 11.0. The Hall–Kier alpha value is -1.67. The number of rotatable bonds is 3. The highest BCUT2D eigenvalue weighted by molar-refractivity contribution is 5.82. The average Bonchev–Trinajstić information content (AvgIpc) is 3.34. The van der Waals surface area contributed by atoms with Crippen molar-refractivity contribution in [3.63, 3.8) is 0 Å². The minimum Gasteiger partial charge on any atom is -0.390 e. The highest BCUT2D eigenvalue weighted by atomic mass is 16.3. The maximum Gasteiger partial charge on any atom is 0.157 e. The van der Waals surface area contributed by atoms with E-state index in [1.165, 1.54) is 31.9 Å². The van der Waals surface area contributed by atoms with E-state index in [1.54, 1.807) is 10.9 Å². The van der Waals surface area contributed by atoms with E-state index in [4.69, 9.17) is 5.26 Å². The van der Waals surface area contributed by atoms with Crippen molar-refractivity contribution in [3.8, 4) is 6.07 Å². The Balaban J connectivity index is 1.32. The standard InChI is InChI=1S/C24H33N3O2/c1-23(29)7-5-17-16(10-23)9-19-18(17)6-8-24(2)20(19)3-4-21(24)22(28)14-27-13-15(11-25)12-26-27/h12-13,16-21,29H,3-10,14H2,1-2H3/t16-,17+,18-,19-,20+,21-,23-,24+/m1/s1. The molecular weight excluding hydrogens is 362 g/mol. The predicted octanol–water partition coefficient (Wildman–Crippen LogP) is 3.95. The normalized spacial score (nSPS) is 45.9. The first-order chi connectivity index (χ1) is 13.8. The number of hydrogen-bond acceptors (Lipinski definition) is 4. The van der Waals surface area contributed by atoms with E-state index in [2.05, 4.69) is 18.1 Å². The summed E-state index contributed by atoms with van der Waals surface area (Å²) >= 11 is 0. The van der Waals surface area contributed by atoms with Crippen molar-refractivity contribution >= 4 is 5.78 Å². The highest BCUT2D eigenvalue weighted by Crippen LogP contribution is 2.66. The number of fused-ring (bicyclic) bond motifs is 5. The van der Waals surface area contributed by atoms with Gasteiger partial charge in [-0.3, -0.25) is 9.48 Å². The fourth-order valence-electron chi connectivity index (χ4n) is 8.20. The number of carbonyl (C=O) groups is 1. The van der Waals surface area contributed by atoms with Crippen molar-refractivity contribution in [3.05, 3.63) is 18.0 Å². The van der Waals surface area contributed by atoms with E-state index in [1.807, 2.05) is 6.92 Å². The predicted molar refractivity (Wildman–Crippen MR) is 109 cm³/mol. The van der Waals surface area contributed by atoms with E-state index < -0.39 is 5.60 Å². The van der Waals surface area contributed by atoms with Crippen LogP contribution >= 0.6 is 0 Å². The molecule has 29 heavy (non-hydrogen) atoms. The van der Waals surface area contributed by atoms with Gasteiger partial charge in [0.25, 0.3) is 0 Å². The molecule has 5 nitrogen and oxygen atoms in total. The van der Waals surface area contributed by atoms with E-state index in [0.29, 0.717) is 23.2 Å². The molecule has 0 amide bonds. The molecule has 4 saturated carbocycles. The van der Waals surface area contributed by atoms with Crippen LogP contribution in [-0.4, -0.2) is 26.3 Å². The SMILES string of the molecule is C[C@@]1(O)CC[C@H]2[C@H](C[C@@H]3[C@@H]2CC[C@]2(C)[C@@H](C(=O)Cn4cc(C#N)cn4)CC[C@@H]32)C1. The van der Waals surface area contributed by atoms with E-state index in [-0.39, 0.29) is 17.9 Å². The first-order valence-corrected chi connectivity index (χ1v) is 11.5. The summed E-state index contributed by atoms with van der Waals surface area (Å²) in [5.41, 5.74) is 0.149. The third-order valence-corrected chi connectivity index (χ3v) is 9.41. The number of Topliss-reactive ketones (excluding diaryl/α,β-unsaturated/α-hetero) is 1. The highest BCUT2D eigenvalue weighted by Gasteiger charge is 2.60. The summed E-state index contributed by atoms with van der Waals surface area (Å²) in [6.07, 6.45) is 12.2. The van der Waals surface area contributed by atoms with Crippen LogP contribution in [0.5, 0.6) is 0 Å². The van der Waals surface area contributed by atoms with Gasteiger partial charge in [-0.25, -0.2) is 0 Å². The Morgan fingerprint density at radius 2 is 2.03 bits per heavy atom. The van der Waals surface area contributed by atoms with E-state index in [9.17, 15) is 9.90 Å². The van der Waals surface area contributed by atoms with Gasteiger partial charge in [0.15, 0.2) is 5.78 Å². The minimum absolute atomic E-state index is 0.111. The number of aliphatic hydroxyl groups is 1. The Morgan fingerprint density at radius 3 is 2.79 bits per heavy atom. The Morgan fingerprint density at radius 1 is 1.24 bits per heavy atom. The molecule has 4 aliphatic carbocycles. The first kappa shape index (κ1) is 19.3. The van der Waals surface area contributed by atoms with Gasteiger partial charge < -0.3 is 5.11 Å². The van der Waals surface area contributed by atoms with Crippen LogP contribution in [0.1, 0.15) is 70.8 Å². The third-order valence-electron chi connectivity index (χ3n) is 9.41. The fourth-order valence-corrected chi connectivity index (χ4v) is 8.20. The van der Waals surface area contributed by atoms with Gasteiger partial charge in [-0.2, -0.15) is 10.4 Å². The molecular formula is C24H33N3O2. The number of nitrogens with zero attached hydrogens (tertiary/aromatic N) is 3. The van der Waals surface area contributed by atoms with E-state index >= 15 is 0 Å². The number of nitriles is 1. The minimum atomic E-state index is -0.474. The zero-order valence-corrected chi connectivity index (χ0v) is 17.7. The Labute approximate surface area is 173 Å². The zero-order chi connectivity index (χ0) is 20.4. The van der Waals surface area contributed by atoms with Crippen LogP contribution in [0, 0.1) is 52.3 Å². The summed E-state index contributed by atoms with van der Waals surface area (Å²) < 4.78 is 1.63. The fraction of sp³-hybridized carbons (Fsp3) is 0.792. The van der Waals surface area contributed by atoms with Crippen molar-refractivity contribution < 1.29 is 9.90 Å². The molecule has 0 spiro atoms. The molecule has 5 heteroatoms. The van der Waals surface area contributed by atoms with Crippen LogP contribution < -0.4 is 0 Å². The molecule has 0 unspecified atom stereocenters. The van der Waals surface area contributed by atoms with Crippen molar-refractivity contribution in [1.82, 2.24) is 9.78 Å². The third kappa shape index (κ3) is 3.06. The monoisotopic (exact) mass is 395 g/mol. The van der Waals surface area contributed by atoms with Crippen molar-refractivity contribution in [1.29, 1.82) is 5.26 Å². The van der Waals surface area contributed by atoms with Crippen LogP contribution in [0.4, 0.5) is 0 Å². The summed E-state index contributed by atoms with van der Waals surface area (Å²) in [6, 6.07) is 2.09. The van der Waals surface area contributed by atoms with Gasteiger partial charge in [0.05, 0.1) is 23.9 Å². The van der Waals surface area contributed by atoms with Crippen molar-refractivity contribution in [2.75, 3.05) is 0 Å². The molecule has 0 aliphatic heterocycles. The van der Waals surface area contributed by atoms with Crippen molar-refractivity contribution in [2.24, 2.45) is 40.9 Å². The van der Waals surface area contributed by atoms with Crippen LogP contribution in [0.3, 0.4) is 0 Å². The molecule has 1 aromatic rings. The quantitative estimate of drug-likeness (QED) is 0.840. The molecule has 1 N–H and O–H groups in total. The molecule has 0 bridgehead atoms. The molecule has 0 radical (unpaired) electrons. The molecule has 1 aromatic heterocycles. The van der Waals surface area contributed by atoms with Gasteiger partial charge in [-0.15, -0.1) is 0 Å². The molecule has 156 valence electrons. The van der Waals surface area contributed by atoms with Gasteiger partial charge in [0, 0.05) is 12.1 Å². The lowest BCUT2D eigenvalue weighted by Crippen LogP contribution is -2.43. The van der Waals surface area contributed by atoms with Crippen LogP contribution in [0.2, 0.25) is 0 Å². The van der Waals surface area contributed by atoms with Gasteiger partial charge >= 0.3 is 0 Å². The van der Waals surface area contributed by atoms with Crippen LogP contribution in [0.25, 0.3) is 0 Å². The van der Waals surface area contributed by atoms with Crippen LogP contribution in [0.15, 0.2) is 12.4 Å². The number of ketones is 1. The lowest BCUT2D eigenvalue weighted by atomic mass is 9.57. The van der Waals surface area contributed by atoms with Gasteiger partial charge in [-0.1, -0.05) is 6.92 Å². The second-order valence-electron chi connectivity index (χ2n) is 11.0. The molecule has 4 aliphatic rings. The lowest BCUT2D eigenvalue weighted by molar-refractivity contribution is -0.129. The second kappa shape index (κ2) is 6.67. The summed E-state index contributed by atoms with van der Waals surface area (Å²) in [4.78, 5) is 13.2. The maximum absolute atomic E-state index is 13.2. The molecule has 5 rings (SSSR count). The number of carbonyl (C=O) groups excluding carboxylic acids is 1. The topological polar surface area (TPSA) is 78.9 Å². The molecule has 4 fully saturated rings. The lowest BCUT2D eigenvalue weighted by Gasteiger charge is -2.47.